The molecule has 1 amide bonds. The lowest BCUT2D eigenvalue weighted by atomic mass is 10.0. The van der Waals surface area contributed by atoms with E-state index in [1.165, 1.54) is 31.4 Å². The molecule has 4 N–H and O–H groups in total. The number of hydrogen-bond acceptors (Lipinski definition) is 5. The van der Waals surface area contributed by atoms with Gasteiger partial charge in [0.1, 0.15) is 0 Å². The van der Waals surface area contributed by atoms with Crippen molar-refractivity contribution in [3.05, 3.63) is 65.2 Å². The van der Waals surface area contributed by atoms with Gasteiger partial charge in [-0.1, -0.05) is 12.1 Å². The van der Waals surface area contributed by atoms with E-state index in [1.54, 1.807) is 24.3 Å². The monoisotopic (exact) mass is 356 g/mol. The van der Waals surface area contributed by atoms with Gasteiger partial charge >= 0.3 is 11.9 Å². The Bertz CT molecular complexity index is 785. The standard InChI is InChI=1S/C19H20N2O5/c1-26-19(25)14-6-4-13(5-7-14)18(24)21-16(11-17(22)23)10-12-2-8-15(20)9-3-12/h2-9,16H,10-11,20H2,1H3,(H,21,24)(H,22,23)/t16-/m1/s1. The molecular formula is C19H20N2O5. The van der Waals surface area contributed by atoms with Gasteiger partial charge in [-0.25, -0.2) is 4.79 Å². The lowest BCUT2D eigenvalue weighted by molar-refractivity contribution is -0.137. The quantitative estimate of drug-likeness (QED) is 0.515. The van der Waals surface area contributed by atoms with Gasteiger partial charge in [0.2, 0.25) is 0 Å². The molecule has 1 atom stereocenters. The molecule has 0 aliphatic carbocycles. The summed E-state index contributed by atoms with van der Waals surface area (Å²) in [5.74, 6) is -1.92. The second-order valence-corrected chi connectivity index (χ2v) is 5.78. The summed E-state index contributed by atoms with van der Waals surface area (Å²) >= 11 is 0. The van der Waals surface area contributed by atoms with Crippen molar-refractivity contribution in [2.75, 3.05) is 12.8 Å². The molecule has 0 heterocycles. The number of carbonyl (C=O) groups is 3. The number of nitrogens with two attached hydrogens (primary N) is 1. The summed E-state index contributed by atoms with van der Waals surface area (Å²) in [4.78, 5) is 34.9. The molecule has 2 rings (SSSR count). The van der Waals surface area contributed by atoms with Crippen LogP contribution in [0.2, 0.25) is 0 Å². The fourth-order valence-corrected chi connectivity index (χ4v) is 2.47. The average molecular weight is 356 g/mol. The fourth-order valence-electron chi connectivity index (χ4n) is 2.47. The molecule has 26 heavy (non-hydrogen) atoms. The Balaban J connectivity index is 2.08. The number of nitrogen functional groups attached to an aromatic ring is 1. The Morgan fingerprint density at radius 1 is 1.04 bits per heavy atom. The van der Waals surface area contributed by atoms with Gasteiger partial charge in [-0.2, -0.15) is 0 Å². The first-order chi connectivity index (χ1) is 12.4. The zero-order valence-electron chi connectivity index (χ0n) is 14.3. The van der Waals surface area contributed by atoms with Gasteiger partial charge in [0.05, 0.1) is 19.1 Å². The number of benzene rings is 2. The van der Waals surface area contributed by atoms with Gasteiger partial charge in [-0.15, -0.1) is 0 Å². The summed E-state index contributed by atoms with van der Waals surface area (Å²) in [5, 5.41) is 11.8. The van der Waals surface area contributed by atoms with Crippen LogP contribution in [0.5, 0.6) is 0 Å². The number of carboxylic acid groups (broad SMARTS) is 1. The Hall–Kier alpha value is -3.35. The van der Waals surface area contributed by atoms with E-state index in [2.05, 4.69) is 10.1 Å². The minimum atomic E-state index is -1.01. The number of hydrogen-bond donors (Lipinski definition) is 3. The first-order valence-corrected chi connectivity index (χ1v) is 7.94. The molecule has 0 aliphatic heterocycles. The molecule has 0 bridgehead atoms. The number of nitrogens with one attached hydrogen (secondary N) is 1. The van der Waals surface area contributed by atoms with Crippen LogP contribution < -0.4 is 11.1 Å². The van der Waals surface area contributed by atoms with Crippen LogP contribution in [0, 0.1) is 0 Å². The van der Waals surface area contributed by atoms with Crippen molar-refractivity contribution in [2.45, 2.75) is 18.9 Å². The highest BCUT2D eigenvalue weighted by molar-refractivity contribution is 5.96. The topological polar surface area (TPSA) is 119 Å². The zero-order valence-corrected chi connectivity index (χ0v) is 14.3. The molecule has 7 heteroatoms. The molecule has 0 aliphatic rings. The smallest absolute Gasteiger partial charge is 0.337 e. The van der Waals surface area contributed by atoms with Gasteiger partial charge in [0.25, 0.3) is 5.91 Å². The van der Waals surface area contributed by atoms with Crippen molar-refractivity contribution in [1.82, 2.24) is 5.32 Å². The van der Waals surface area contributed by atoms with Gasteiger partial charge in [-0.05, 0) is 48.4 Å². The second-order valence-electron chi connectivity index (χ2n) is 5.78. The number of methoxy groups -OCH3 is 1. The third kappa shape index (κ3) is 5.34. The first-order valence-electron chi connectivity index (χ1n) is 7.94. The van der Waals surface area contributed by atoms with Crippen LogP contribution in [0.25, 0.3) is 0 Å². The predicted octanol–water partition coefficient (Wildman–Crippen LogP) is 1.87. The van der Waals surface area contributed by atoms with E-state index < -0.39 is 23.9 Å². The van der Waals surface area contributed by atoms with E-state index in [9.17, 15) is 14.4 Å². The maximum atomic E-state index is 12.4. The summed E-state index contributed by atoms with van der Waals surface area (Å²) in [6.45, 7) is 0. The third-order valence-electron chi connectivity index (χ3n) is 3.79. The number of amides is 1. The number of ether oxygens (including phenoxy) is 1. The van der Waals surface area contributed by atoms with Crippen LogP contribution in [0.4, 0.5) is 5.69 Å². The summed E-state index contributed by atoms with van der Waals surface area (Å²) in [7, 11) is 1.27. The molecule has 7 nitrogen and oxygen atoms in total. The van der Waals surface area contributed by atoms with Crippen LogP contribution in [0.15, 0.2) is 48.5 Å². The summed E-state index contributed by atoms with van der Waals surface area (Å²) in [6.07, 6.45) is 0.148. The lowest BCUT2D eigenvalue weighted by Gasteiger charge is -2.17. The fraction of sp³-hybridized carbons (Fsp3) is 0.211. The number of esters is 1. The number of carboxylic acids is 1. The Kier molecular flexibility index (Phi) is 6.32. The van der Waals surface area contributed by atoms with Crippen LogP contribution in [0.3, 0.4) is 0 Å². The van der Waals surface area contributed by atoms with Crippen molar-refractivity contribution in [3.63, 3.8) is 0 Å². The number of carbonyl (C=O) groups excluding carboxylic acids is 2. The van der Waals surface area contributed by atoms with Gasteiger partial charge < -0.3 is 20.9 Å². The first kappa shape index (κ1) is 19.0. The van der Waals surface area contributed by atoms with Gasteiger partial charge in [0.15, 0.2) is 0 Å². The van der Waals surface area contributed by atoms with Crippen molar-refractivity contribution < 1.29 is 24.2 Å². The van der Waals surface area contributed by atoms with Crippen molar-refractivity contribution in [2.24, 2.45) is 0 Å². The largest absolute Gasteiger partial charge is 0.481 e. The lowest BCUT2D eigenvalue weighted by Crippen LogP contribution is -2.38. The average Bonchev–Trinajstić information content (AvgIpc) is 2.62. The molecule has 0 unspecified atom stereocenters. The SMILES string of the molecule is COC(=O)c1ccc(C(=O)N[C@@H](CC(=O)O)Cc2ccc(N)cc2)cc1. The van der Waals surface area contributed by atoms with E-state index in [0.29, 0.717) is 23.2 Å². The van der Waals surface area contributed by atoms with Crippen LogP contribution >= 0.6 is 0 Å². The van der Waals surface area contributed by atoms with Crippen molar-refractivity contribution in [1.29, 1.82) is 0 Å². The maximum absolute atomic E-state index is 12.4. The normalized spacial score (nSPS) is 11.4. The van der Waals surface area contributed by atoms with Crippen LogP contribution in [-0.2, 0) is 16.0 Å². The number of aliphatic carboxylic acids is 1. The summed E-state index contributed by atoms with van der Waals surface area (Å²) in [5.41, 5.74) is 7.77. The van der Waals surface area contributed by atoms with E-state index in [4.69, 9.17) is 10.8 Å². The van der Waals surface area contributed by atoms with Crippen LogP contribution in [-0.4, -0.2) is 36.1 Å². The molecule has 0 aromatic heterocycles. The summed E-state index contributed by atoms with van der Waals surface area (Å²) < 4.78 is 4.61. The molecular weight excluding hydrogens is 336 g/mol. The Labute approximate surface area is 150 Å². The highest BCUT2D eigenvalue weighted by Gasteiger charge is 2.18. The molecule has 136 valence electrons. The van der Waals surface area contributed by atoms with E-state index in [-0.39, 0.29) is 6.42 Å². The van der Waals surface area contributed by atoms with Crippen LogP contribution in [0.1, 0.15) is 32.7 Å². The second kappa shape index (κ2) is 8.66. The highest BCUT2D eigenvalue weighted by atomic mass is 16.5. The minimum Gasteiger partial charge on any atom is -0.481 e. The molecule has 0 saturated heterocycles. The van der Waals surface area contributed by atoms with Crippen molar-refractivity contribution >= 4 is 23.5 Å². The van der Waals surface area contributed by atoms with Crippen molar-refractivity contribution in [3.8, 4) is 0 Å². The highest BCUT2D eigenvalue weighted by Crippen LogP contribution is 2.11. The van der Waals surface area contributed by atoms with E-state index in [0.717, 1.165) is 5.56 Å². The minimum absolute atomic E-state index is 0.212. The van der Waals surface area contributed by atoms with Gasteiger partial charge in [0, 0.05) is 17.3 Å². The predicted molar refractivity (Wildman–Crippen MR) is 95.8 cm³/mol. The Morgan fingerprint density at radius 2 is 1.62 bits per heavy atom. The molecule has 0 fully saturated rings. The molecule has 0 radical (unpaired) electrons. The number of anilines is 1. The molecule has 2 aromatic rings. The molecule has 2 aromatic carbocycles. The zero-order chi connectivity index (χ0) is 19.1. The Morgan fingerprint density at radius 3 is 2.15 bits per heavy atom. The maximum Gasteiger partial charge on any atom is 0.337 e. The third-order valence-corrected chi connectivity index (χ3v) is 3.79. The molecule has 0 spiro atoms. The van der Waals surface area contributed by atoms with Gasteiger partial charge in [-0.3, -0.25) is 9.59 Å². The molecule has 0 saturated carbocycles. The van der Waals surface area contributed by atoms with E-state index in [1.807, 2.05) is 0 Å². The number of rotatable bonds is 7. The summed E-state index contributed by atoms with van der Waals surface area (Å²) in [6, 6.07) is 12.4. The van der Waals surface area contributed by atoms with E-state index >= 15 is 0 Å².